The highest BCUT2D eigenvalue weighted by atomic mass is 35.5. The molecule has 53 heavy (non-hydrogen) atoms. The Morgan fingerprint density at radius 2 is 1.60 bits per heavy atom. The number of nitrogens with zero attached hydrogens (tertiary/aromatic N) is 2. The van der Waals surface area contributed by atoms with Crippen molar-refractivity contribution in [3.8, 4) is 11.5 Å². The molecule has 0 amide bonds. The number of piperidine rings is 3. The number of hydrogen-bond acceptors (Lipinski definition) is 9. The Kier molecular flexibility index (Phi) is 12.8. The maximum atomic E-state index is 13.6. The van der Waals surface area contributed by atoms with Crippen LogP contribution >= 0.6 is 23.2 Å². The van der Waals surface area contributed by atoms with Crippen LogP contribution in [0.2, 0.25) is 10.0 Å². The van der Waals surface area contributed by atoms with E-state index in [1.54, 1.807) is 38.1 Å². The summed E-state index contributed by atoms with van der Waals surface area (Å²) in [6.45, 7) is 3.64. The van der Waals surface area contributed by atoms with Gasteiger partial charge in [0.2, 0.25) is 0 Å². The average Bonchev–Trinajstić information content (AvgIpc) is 3.14. The van der Waals surface area contributed by atoms with Crippen molar-refractivity contribution < 1.29 is 37.3 Å². The summed E-state index contributed by atoms with van der Waals surface area (Å²) < 4.78 is 48.9. The first-order valence-corrected chi connectivity index (χ1v) is 18.3. The zero-order chi connectivity index (χ0) is 37.5. The smallest absolute Gasteiger partial charge is 0.387 e. The Morgan fingerprint density at radius 3 is 2.23 bits per heavy atom. The normalized spacial score (nSPS) is 19.1. The Balaban J connectivity index is 1.17. The molecule has 0 radical (unpaired) electrons. The van der Waals surface area contributed by atoms with Crippen molar-refractivity contribution in [3.05, 3.63) is 123 Å². The molecule has 3 atom stereocenters. The standard InChI is InChI=1S/C40H41Cl2F2N3O6/c1-24(2)50-35-18-29(12-13-33(35)53-40(43)44)34(19-30-31(41)21-45-22-32(30)42)51-38(48)28-10-8-25(9-11-28)20-46-37(27-6-4-3-5-7-27)39(49)52-36-23-47-16-14-26(36)15-17-47/h3-13,18,21-22,24,26,34,36-37,40,46H,14-17,19-20,23H2,1-2H3/t34-,36-,37?/m0/s1. The van der Waals surface area contributed by atoms with Crippen LogP contribution in [0.3, 0.4) is 0 Å². The maximum Gasteiger partial charge on any atom is 0.387 e. The third kappa shape index (κ3) is 10.0. The number of pyridine rings is 1. The molecule has 3 aliphatic heterocycles. The second-order valence-corrected chi connectivity index (χ2v) is 14.3. The number of carbonyl (C=O) groups excluding carboxylic acids is 2. The molecule has 1 N–H and O–H groups in total. The number of benzene rings is 3. The summed E-state index contributed by atoms with van der Waals surface area (Å²) in [5.41, 5.74) is 2.83. The molecule has 3 aliphatic rings. The van der Waals surface area contributed by atoms with Crippen molar-refractivity contribution in [2.24, 2.45) is 5.92 Å². The summed E-state index contributed by atoms with van der Waals surface area (Å²) in [7, 11) is 0. The molecule has 3 aromatic carbocycles. The topological polar surface area (TPSA) is 99.2 Å². The lowest BCUT2D eigenvalue weighted by Crippen LogP contribution is -2.52. The molecule has 3 saturated heterocycles. The molecule has 1 aromatic heterocycles. The molecule has 1 unspecified atom stereocenters. The molecule has 280 valence electrons. The van der Waals surface area contributed by atoms with Gasteiger partial charge in [0, 0.05) is 31.9 Å². The lowest BCUT2D eigenvalue weighted by Gasteiger charge is -2.44. The van der Waals surface area contributed by atoms with Crippen molar-refractivity contribution in [1.29, 1.82) is 0 Å². The van der Waals surface area contributed by atoms with E-state index >= 15 is 0 Å². The van der Waals surface area contributed by atoms with E-state index < -0.39 is 24.7 Å². The van der Waals surface area contributed by atoms with Gasteiger partial charge in [0.05, 0.1) is 21.7 Å². The predicted molar refractivity (Wildman–Crippen MR) is 196 cm³/mol. The zero-order valence-electron chi connectivity index (χ0n) is 29.4. The fourth-order valence-corrected chi connectivity index (χ4v) is 7.25. The van der Waals surface area contributed by atoms with E-state index in [1.165, 1.54) is 30.6 Å². The van der Waals surface area contributed by atoms with E-state index in [1.807, 2.05) is 30.3 Å². The van der Waals surface area contributed by atoms with Crippen LogP contribution in [0.4, 0.5) is 8.78 Å². The first kappa shape index (κ1) is 38.4. The zero-order valence-corrected chi connectivity index (χ0v) is 30.9. The highest BCUT2D eigenvalue weighted by Gasteiger charge is 2.38. The van der Waals surface area contributed by atoms with Crippen molar-refractivity contribution in [1.82, 2.24) is 15.2 Å². The van der Waals surface area contributed by atoms with Crippen molar-refractivity contribution in [2.75, 3.05) is 19.6 Å². The third-order valence-corrected chi connectivity index (χ3v) is 10.1. The van der Waals surface area contributed by atoms with Crippen molar-refractivity contribution in [3.63, 3.8) is 0 Å². The molecule has 4 heterocycles. The van der Waals surface area contributed by atoms with E-state index in [-0.39, 0.29) is 51.7 Å². The van der Waals surface area contributed by atoms with Crippen LogP contribution in [0.1, 0.15) is 71.4 Å². The Hall–Kier alpha value is -4.29. The van der Waals surface area contributed by atoms with Gasteiger partial charge in [-0.1, -0.05) is 71.7 Å². The SMILES string of the molecule is CC(C)Oc1cc([C@H](Cc2c(Cl)cncc2Cl)OC(=O)c2ccc(CNC(C(=O)O[C@H]3CN4CCC3CC4)c3ccccc3)cc2)ccc1OC(F)F. The number of ether oxygens (including phenoxy) is 4. The van der Waals surface area contributed by atoms with Gasteiger partial charge in [-0.15, -0.1) is 0 Å². The summed E-state index contributed by atoms with van der Waals surface area (Å²) in [6.07, 6.45) is 3.57. The number of aromatic nitrogens is 1. The van der Waals surface area contributed by atoms with Crippen molar-refractivity contribution >= 4 is 35.1 Å². The van der Waals surface area contributed by atoms with Crippen LogP contribution in [0.5, 0.6) is 11.5 Å². The molecular formula is C40H41Cl2F2N3O6. The van der Waals surface area contributed by atoms with Crippen LogP contribution in [-0.4, -0.2) is 60.3 Å². The van der Waals surface area contributed by atoms with Crippen molar-refractivity contribution in [2.45, 2.75) is 70.6 Å². The number of hydrogen-bond donors (Lipinski definition) is 1. The van der Waals surface area contributed by atoms with Gasteiger partial charge in [-0.05, 0) is 92.2 Å². The van der Waals surface area contributed by atoms with Gasteiger partial charge in [0.1, 0.15) is 18.2 Å². The van der Waals surface area contributed by atoms with Gasteiger partial charge in [-0.2, -0.15) is 8.78 Å². The number of esters is 2. The first-order chi connectivity index (χ1) is 25.5. The highest BCUT2D eigenvalue weighted by Crippen LogP contribution is 2.37. The molecule has 3 fully saturated rings. The molecule has 7 rings (SSSR count). The Labute approximate surface area is 317 Å². The summed E-state index contributed by atoms with van der Waals surface area (Å²) in [4.78, 5) is 33.5. The minimum absolute atomic E-state index is 0.0563. The minimum Gasteiger partial charge on any atom is -0.487 e. The fraction of sp³-hybridized carbons (Fsp3) is 0.375. The van der Waals surface area contributed by atoms with Crippen LogP contribution in [0, 0.1) is 5.92 Å². The lowest BCUT2D eigenvalue weighted by atomic mass is 9.86. The van der Waals surface area contributed by atoms with E-state index in [0.29, 0.717) is 23.6 Å². The van der Waals surface area contributed by atoms with Gasteiger partial charge in [-0.3, -0.25) is 15.2 Å². The van der Waals surface area contributed by atoms with Gasteiger partial charge in [-0.25, -0.2) is 9.59 Å². The van der Waals surface area contributed by atoms with Gasteiger partial charge >= 0.3 is 18.6 Å². The van der Waals surface area contributed by atoms with Gasteiger partial charge in [0.15, 0.2) is 11.5 Å². The molecule has 4 aromatic rings. The largest absolute Gasteiger partial charge is 0.487 e. The molecular weight excluding hydrogens is 727 g/mol. The summed E-state index contributed by atoms with van der Waals surface area (Å²) in [6, 6.07) is 20.0. The summed E-state index contributed by atoms with van der Waals surface area (Å²) in [5.74, 6) is -0.664. The highest BCUT2D eigenvalue weighted by molar-refractivity contribution is 6.35. The van der Waals surface area contributed by atoms with Crippen LogP contribution in [0.15, 0.2) is 85.2 Å². The monoisotopic (exact) mass is 767 g/mol. The quantitative estimate of drug-likeness (QED) is 0.120. The molecule has 0 aliphatic carbocycles. The third-order valence-electron chi connectivity index (χ3n) is 9.44. The van der Waals surface area contributed by atoms with Gasteiger partial charge < -0.3 is 18.9 Å². The number of nitrogens with one attached hydrogen (secondary N) is 1. The van der Waals surface area contributed by atoms with Crippen LogP contribution < -0.4 is 14.8 Å². The number of halogens is 4. The molecule has 0 spiro atoms. The van der Waals surface area contributed by atoms with E-state index in [2.05, 4.69) is 19.9 Å². The minimum atomic E-state index is -3.07. The molecule has 2 bridgehead atoms. The van der Waals surface area contributed by atoms with E-state index in [9.17, 15) is 18.4 Å². The lowest BCUT2D eigenvalue weighted by molar-refractivity contribution is -0.161. The number of carbonyl (C=O) groups is 2. The second kappa shape index (κ2) is 17.7. The maximum absolute atomic E-state index is 13.6. The number of alkyl halides is 2. The average molecular weight is 769 g/mol. The van der Waals surface area contributed by atoms with E-state index in [4.69, 9.17) is 37.4 Å². The predicted octanol–water partition coefficient (Wildman–Crippen LogP) is 8.39. The van der Waals surface area contributed by atoms with Crippen LogP contribution in [-0.2, 0) is 27.2 Å². The number of fused-ring (bicyclic) bond motifs is 3. The van der Waals surface area contributed by atoms with E-state index in [0.717, 1.165) is 43.6 Å². The summed E-state index contributed by atoms with van der Waals surface area (Å²) in [5, 5.41) is 3.90. The van der Waals surface area contributed by atoms with Gasteiger partial charge in [0.25, 0.3) is 0 Å². The van der Waals surface area contributed by atoms with Crippen LogP contribution in [0.25, 0.3) is 0 Å². The Morgan fingerprint density at radius 1 is 0.906 bits per heavy atom. The molecule has 13 heteroatoms. The Bertz CT molecular complexity index is 1840. The molecule has 9 nitrogen and oxygen atoms in total. The first-order valence-electron chi connectivity index (χ1n) is 17.6. The number of rotatable bonds is 15. The second-order valence-electron chi connectivity index (χ2n) is 13.5. The molecule has 0 saturated carbocycles. The fourth-order valence-electron chi connectivity index (χ4n) is 6.73. The summed E-state index contributed by atoms with van der Waals surface area (Å²) >= 11 is 12.9.